The van der Waals surface area contributed by atoms with Crippen LogP contribution in [-0.4, -0.2) is 13.2 Å². The molecule has 0 bridgehead atoms. The maximum absolute atomic E-state index is 5.37. The van der Waals surface area contributed by atoms with Gasteiger partial charge in [-0.15, -0.1) is 0 Å². The van der Waals surface area contributed by atoms with Crippen molar-refractivity contribution in [3.05, 3.63) is 6.92 Å². The number of unbranched alkanes of at least 4 members (excludes halogenated alkanes) is 20. The Morgan fingerprint density at radius 2 is 0.692 bits per heavy atom. The molecule has 0 spiro atoms. The zero-order chi connectivity index (χ0) is 19.0. The highest BCUT2D eigenvalue weighted by Crippen LogP contribution is 2.14. The van der Waals surface area contributed by atoms with Crippen LogP contribution >= 0.6 is 0 Å². The normalized spacial score (nSPS) is 11.3. The monoisotopic (exact) mass is 367 g/mol. The van der Waals surface area contributed by atoms with Gasteiger partial charge in [0, 0.05) is 13.2 Å². The van der Waals surface area contributed by atoms with Crippen LogP contribution < -0.4 is 0 Å². The third kappa shape index (κ3) is 24.0. The van der Waals surface area contributed by atoms with E-state index in [1.54, 1.807) is 0 Å². The lowest BCUT2D eigenvalue weighted by atomic mass is 10.0. The van der Waals surface area contributed by atoms with Crippen LogP contribution in [0, 0.1) is 6.92 Å². The first kappa shape index (κ1) is 26.0. The van der Waals surface area contributed by atoms with E-state index >= 15 is 0 Å². The molecule has 1 radical (unpaired) electrons. The first-order chi connectivity index (χ1) is 12.9. The Hall–Kier alpha value is -0.0400. The molecule has 0 aromatic heterocycles. The molecule has 0 aromatic carbocycles. The van der Waals surface area contributed by atoms with Crippen molar-refractivity contribution in [2.24, 2.45) is 0 Å². The van der Waals surface area contributed by atoms with Gasteiger partial charge in [0.1, 0.15) is 0 Å². The van der Waals surface area contributed by atoms with E-state index in [0.29, 0.717) is 0 Å². The van der Waals surface area contributed by atoms with E-state index in [2.05, 4.69) is 13.8 Å². The number of hydrogen-bond donors (Lipinski definition) is 0. The molecule has 0 aliphatic carbocycles. The van der Waals surface area contributed by atoms with Crippen LogP contribution in [0.3, 0.4) is 0 Å². The third-order valence-electron chi connectivity index (χ3n) is 5.49. The van der Waals surface area contributed by atoms with Crippen LogP contribution in [0.1, 0.15) is 142 Å². The van der Waals surface area contributed by atoms with Gasteiger partial charge in [0.25, 0.3) is 0 Å². The Labute approximate surface area is 167 Å². The van der Waals surface area contributed by atoms with Crippen LogP contribution in [0.4, 0.5) is 0 Å². The molecule has 0 rings (SSSR count). The topological polar surface area (TPSA) is 9.23 Å². The van der Waals surface area contributed by atoms with Gasteiger partial charge in [-0.1, -0.05) is 135 Å². The van der Waals surface area contributed by atoms with Gasteiger partial charge in [0.2, 0.25) is 0 Å². The highest BCUT2D eigenvalue weighted by atomic mass is 16.5. The van der Waals surface area contributed by atoms with Gasteiger partial charge in [-0.05, 0) is 13.3 Å². The molecule has 0 atom stereocenters. The fourth-order valence-electron chi connectivity index (χ4n) is 3.71. The predicted octanol–water partition coefficient (Wildman–Crippen LogP) is 9.05. The van der Waals surface area contributed by atoms with Gasteiger partial charge < -0.3 is 4.74 Å². The predicted molar refractivity (Wildman–Crippen MR) is 119 cm³/mol. The smallest absolute Gasteiger partial charge is 0.0465 e. The highest BCUT2D eigenvalue weighted by molar-refractivity contribution is 4.51. The van der Waals surface area contributed by atoms with Crippen LogP contribution in [0.5, 0.6) is 0 Å². The summed E-state index contributed by atoms with van der Waals surface area (Å²) < 4.78 is 5.37. The zero-order valence-corrected chi connectivity index (χ0v) is 18.4. The molecule has 0 aliphatic rings. The van der Waals surface area contributed by atoms with Crippen molar-refractivity contribution in [3.63, 3.8) is 0 Å². The van der Waals surface area contributed by atoms with E-state index < -0.39 is 0 Å². The molecule has 0 saturated carbocycles. The largest absolute Gasteiger partial charge is 0.382 e. The molecule has 0 aliphatic heterocycles. The van der Waals surface area contributed by atoms with Crippen LogP contribution in [0.2, 0.25) is 0 Å². The lowest BCUT2D eigenvalue weighted by Crippen LogP contribution is -1.92. The summed E-state index contributed by atoms with van der Waals surface area (Å²) in [5.41, 5.74) is 0. The molecule has 0 unspecified atom stereocenters. The maximum atomic E-state index is 5.37. The summed E-state index contributed by atoms with van der Waals surface area (Å²) in [6, 6.07) is 0. The second kappa shape index (κ2) is 25.0. The van der Waals surface area contributed by atoms with Crippen molar-refractivity contribution in [2.45, 2.75) is 142 Å². The average molecular weight is 368 g/mol. The van der Waals surface area contributed by atoms with Crippen molar-refractivity contribution in [1.29, 1.82) is 0 Å². The van der Waals surface area contributed by atoms with Gasteiger partial charge in [-0.2, -0.15) is 0 Å². The summed E-state index contributed by atoms with van der Waals surface area (Å²) in [5, 5.41) is 0. The molecule has 0 aromatic rings. The lowest BCUT2D eigenvalue weighted by molar-refractivity contribution is 0.143. The first-order valence-electron chi connectivity index (χ1n) is 12.3. The Balaban J connectivity index is 2.95. The summed E-state index contributed by atoms with van der Waals surface area (Å²) in [6.45, 7) is 7.82. The van der Waals surface area contributed by atoms with E-state index in [-0.39, 0.29) is 0 Å². The first-order valence-corrected chi connectivity index (χ1v) is 12.3. The van der Waals surface area contributed by atoms with E-state index in [1.165, 1.54) is 128 Å². The van der Waals surface area contributed by atoms with E-state index in [4.69, 9.17) is 4.74 Å². The molecule has 1 nitrogen and oxygen atoms in total. The van der Waals surface area contributed by atoms with Gasteiger partial charge in [0.05, 0.1) is 0 Å². The lowest BCUT2D eigenvalue weighted by Gasteiger charge is -2.04. The van der Waals surface area contributed by atoms with Gasteiger partial charge in [0.15, 0.2) is 0 Å². The quantitative estimate of drug-likeness (QED) is 0.164. The Morgan fingerprint density at radius 1 is 0.423 bits per heavy atom. The van der Waals surface area contributed by atoms with Gasteiger partial charge >= 0.3 is 0 Å². The van der Waals surface area contributed by atoms with Crippen molar-refractivity contribution in [1.82, 2.24) is 0 Å². The molecule has 0 heterocycles. The minimum atomic E-state index is 0.873. The van der Waals surface area contributed by atoms with E-state index in [1.807, 2.05) is 0 Å². The van der Waals surface area contributed by atoms with Crippen LogP contribution in [-0.2, 0) is 4.74 Å². The fourth-order valence-corrected chi connectivity index (χ4v) is 3.71. The summed E-state index contributed by atoms with van der Waals surface area (Å²) in [7, 11) is 0. The zero-order valence-electron chi connectivity index (χ0n) is 18.4. The van der Waals surface area contributed by atoms with Crippen LogP contribution in [0.25, 0.3) is 0 Å². The summed E-state index contributed by atoms with van der Waals surface area (Å²) in [6.07, 6.45) is 29.8. The Bertz CT molecular complexity index is 202. The van der Waals surface area contributed by atoms with Crippen molar-refractivity contribution < 1.29 is 4.74 Å². The molecule has 26 heavy (non-hydrogen) atoms. The minimum absolute atomic E-state index is 0.873. The number of hydrogen-bond acceptors (Lipinski definition) is 1. The Kier molecular flexibility index (Phi) is 24.9. The second-order valence-electron chi connectivity index (χ2n) is 8.12. The fraction of sp³-hybridized carbons (Fsp3) is 0.960. The minimum Gasteiger partial charge on any atom is -0.382 e. The van der Waals surface area contributed by atoms with Gasteiger partial charge in [-0.25, -0.2) is 0 Å². The Morgan fingerprint density at radius 3 is 0.962 bits per heavy atom. The molecule has 0 N–H and O–H groups in total. The SMILES string of the molecule is [CH2]CCCCCCCCCCCCCCCCCCCCCCOCC. The van der Waals surface area contributed by atoms with Crippen molar-refractivity contribution >= 4 is 0 Å². The number of rotatable bonds is 23. The third-order valence-corrected chi connectivity index (χ3v) is 5.49. The molecular formula is C25H51O. The standard InChI is InChI=1S/C25H51O/c1-3-5-6-7-8-9-10-11-12-13-14-15-16-17-18-19-20-21-22-23-24-25-26-4-2/h1,3-25H2,2H3. The van der Waals surface area contributed by atoms with E-state index in [0.717, 1.165) is 19.6 Å². The molecule has 0 fully saturated rings. The second-order valence-corrected chi connectivity index (χ2v) is 8.12. The number of ether oxygens (including phenoxy) is 1. The molecule has 0 saturated heterocycles. The van der Waals surface area contributed by atoms with Crippen molar-refractivity contribution in [2.75, 3.05) is 13.2 Å². The summed E-state index contributed by atoms with van der Waals surface area (Å²) in [5.74, 6) is 0. The molecule has 157 valence electrons. The summed E-state index contributed by atoms with van der Waals surface area (Å²) >= 11 is 0. The van der Waals surface area contributed by atoms with Gasteiger partial charge in [-0.3, -0.25) is 0 Å². The average Bonchev–Trinajstić information content (AvgIpc) is 2.66. The maximum Gasteiger partial charge on any atom is 0.0465 e. The highest BCUT2D eigenvalue weighted by Gasteiger charge is 1.95. The molecule has 0 amide bonds. The van der Waals surface area contributed by atoms with Crippen molar-refractivity contribution in [3.8, 4) is 0 Å². The van der Waals surface area contributed by atoms with Crippen LogP contribution in [0.15, 0.2) is 0 Å². The van der Waals surface area contributed by atoms with E-state index in [9.17, 15) is 0 Å². The molecule has 1 heteroatoms. The summed E-state index contributed by atoms with van der Waals surface area (Å²) in [4.78, 5) is 0. The molecular weight excluding hydrogens is 316 g/mol.